The van der Waals surface area contributed by atoms with Crippen LogP contribution in [-0.2, 0) is 4.79 Å². The fraction of sp³-hybridized carbons (Fsp3) is 0.833. The normalized spacial score (nSPS) is 23.9. The zero-order valence-electron chi connectivity index (χ0n) is 10.9. The van der Waals surface area contributed by atoms with E-state index in [-0.39, 0.29) is 23.7 Å². The van der Waals surface area contributed by atoms with Gasteiger partial charge in [-0.25, -0.2) is 0 Å². The summed E-state index contributed by atoms with van der Waals surface area (Å²) in [4.78, 5) is 14.1. The van der Waals surface area contributed by atoms with Crippen LogP contribution in [0.3, 0.4) is 0 Å². The molecule has 3 N–H and O–H groups in total. The molecular formula is C12H23N3O2. The molecule has 0 aromatic rings. The second kappa shape index (κ2) is 5.89. The van der Waals surface area contributed by atoms with Gasteiger partial charge < -0.3 is 15.8 Å². The van der Waals surface area contributed by atoms with Gasteiger partial charge in [0.25, 0.3) is 0 Å². The molecular weight excluding hydrogens is 218 g/mol. The van der Waals surface area contributed by atoms with Crippen LogP contribution in [-0.4, -0.2) is 34.4 Å². The molecule has 2 unspecified atom stereocenters. The van der Waals surface area contributed by atoms with Gasteiger partial charge in [-0.15, -0.1) is 0 Å². The molecule has 1 rings (SSSR count). The van der Waals surface area contributed by atoms with E-state index in [0.717, 1.165) is 19.3 Å². The quantitative estimate of drug-likeness (QED) is 0.339. The molecule has 0 bridgehead atoms. The van der Waals surface area contributed by atoms with Crippen LogP contribution in [0.5, 0.6) is 0 Å². The molecule has 0 aromatic carbocycles. The summed E-state index contributed by atoms with van der Waals surface area (Å²) < 4.78 is 0. The monoisotopic (exact) mass is 241 g/mol. The lowest BCUT2D eigenvalue weighted by atomic mass is 9.93. The van der Waals surface area contributed by atoms with E-state index in [9.17, 15) is 4.79 Å². The first-order chi connectivity index (χ1) is 7.99. The number of oxime groups is 1. The number of carbonyl (C=O) groups excluding carboxylic acids is 1. The number of amidine groups is 1. The molecule has 17 heavy (non-hydrogen) atoms. The minimum atomic E-state index is -0.234. The minimum absolute atomic E-state index is 0.0258. The Kier molecular flexibility index (Phi) is 4.78. The maximum absolute atomic E-state index is 12.3. The van der Waals surface area contributed by atoms with E-state index in [1.165, 1.54) is 0 Å². The fourth-order valence-corrected chi connectivity index (χ4v) is 2.12. The van der Waals surface area contributed by atoms with Crippen molar-refractivity contribution in [1.82, 2.24) is 4.90 Å². The molecule has 98 valence electrons. The number of hydrogen-bond donors (Lipinski definition) is 2. The third-order valence-corrected chi connectivity index (χ3v) is 3.63. The topological polar surface area (TPSA) is 78.9 Å². The van der Waals surface area contributed by atoms with Gasteiger partial charge in [0.2, 0.25) is 5.91 Å². The highest BCUT2D eigenvalue weighted by molar-refractivity contribution is 5.90. The van der Waals surface area contributed by atoms with Gasteiger partial charge in [0.15, 0.2) is 5.84 Å². The summed E-state index contributed by atoms with van der Waals surface area (Å²) in [5, 5.41) is 11.8. The summed E-state index contributed by atoms with van der Waals surface area (Å²) in [6.07, 6.45) is 2.79. The molecule has 0 radical (unpaired) electrons. The molecule has 0 spiro atoms. The van der Waals surface area contributed by atoms with Gasteiger partial charge in [-0.05, 0) is 25.2 Å². The van der Waals surface area contributed by atoms with Crippen LogP contribution in [0.25, 0.3) is 0 Å². The Labute approximate surface area is 103 Å². The van der Waals surface area contributed by atoms with Crippen LogP contribution < -0.4 is 5.73 Å². The average Bonchev–Trinajstić information content (AvgIpc) is 2.35. The van der Waals surface area contributed by atoms with Crippen molar-refractivity contribution in [2.45, 2.75) is 46.1 Å². The van der Waals surface area contributed by atoms with Crippen LogP contribution in [0, 0.1) is 11.8 Å². The van der Waals surface area contributed by atoms with Crippen LogP contribution in [0.2, 0.25) is 0 Å². The summed E-state index contributed by atoms with van der Waals surface area (Å²) in [7, 11) is 0. The van der Waals surface area contributed by atoms with E-state index in [4.69, 9.17) is 10.9 Å². The van der Waals surface area contributed by atoms with Gasteiger partial charge in [0, 0.05) is 12.5 Å². The maximum atomic E-state index is 12.3. The van der Waals surface area contributed by atoms with Crippen molar-refractivity contribution in [3.8, 4) is 0 Å². The van der Waals surface area contributed by atoms with Gasteiger partial charge in [-0.1, -0.05) is 25.9 Å². The smallest absolute Gasteiger partial charge is 0.226 e. The first-order valence-corrected chi connectivity index (χ1v) is 6.27. The van der Waals surface area contributed by atoms with E-state index < -0.39 is 0 Å². The third kappa shape index (κ3) is 3.11. The van der Waals surface area contributed by atoms with E-state index >= 15 is 0 Å². The Morgan fingerprint density at radius 2 is 2.06 bits per heavy atom. The van der Waals surface area contributed by atoms with Crippen molar-refractivity contribution < 1.29 is 10.0 Å². The lowest BCUT2D eigenvalue weighted by Crippen LogP contribution is -2.52. The highest BCUT2D eigenvalue weighted by atomic mass is 16.4. The van der Waals surface area contributed by atoms with E-state index in [2.05, 4.69) is 5.16 Å². The summed E-state index contributed by atoms with van der Waals surface area (Å²) >= 11 is 0. The molecule has 0 aliphatic carbocycles. The minimum Gasteiger partial charge on any atom is -0.409 e. The second-order valence-electron chi connectivity index (χ2n) is 5.10. The SMILES string of the molecule is CC(C)C(C)C(=O)N1CCCCC1C(N)=NO. The Bertz CT molecular complexity index is 302. The maximum Gasteiger partial charge on any atom is 0.226 e. The number of likely N-dealkylation sites (tertiary alicyclic amines) is 1. The molecule has 5 nitrogen and oxygen atoms in total. The summed E-state index contributed by atoms with van der Waals surface area (Å²) in [6.45, 7) is 6.71. The van der Waals surface area contributed by atoms with Gasteiger partial charge in [0.1, 0.15) is 0 Å². The average molecular weight is 241 g/mol. The number of hydrogen-bond acceptors (Lipinski definition) is 3. The van der Waals surface area contributed by atoms with Crippen molar-refractivity contribution >= 4 is 11.7 Å². The first kappa shape index (κ1) is 13.8. The molecule has 1 fully saturated rings. The fourth-order valence-electron chi connectivity index (χ4n) is 2.12. The van der Waals surface area contributed by atoms with Crippen LogP contribution >= 0.6 is 0 Å². The molecule has 0 aromatic heterocycles. The van der Waals surface area contributed by atoms with Gasteiger partial charge in [-0.2, -0.15) is 0 Å². The molecule has 5 heteroatoms. The molecule has 1 heterocycles. The Balaban J connectivity index is 2.81. The summed E-state index contributed by atoms with van der Waals surface area (Å²) in [6, 6.07) is -0.234. The zero-order chi connectivity index (χ0) is 13.0. The standard InChI is InChI=1S/C12H23N3O2/c1-8(2)9(3)12(16)15-7-5-4-6-10(15)11(13)14-17/h8-10,17H,4-7H2,1-3H3,(H2,13,14). The van der Waals surface area contributed by atoms with Crippen molar-refractivity contribution in [2.75, 3.05) is 6.54 Å². The number of piperidine rings is 1. The summed E-state index contributed by atoms with van der Waals surface area (Å²) in [5.41, 5.74) is 5.66. The Morgan fingerprint density at radius 3 is 2.59 bits per heavy atom. The van der Waals surface area contributed by atoms with E-state index in [1.807, 2.05) is 20.8 Å². The Hall–Kier alpha value is -1.26. The zero-order valence-corrected chi connectivity index (χ0v) is 10.9. The van der Waals surface area contributed by atoms with Crippen LogP contribution in [0.4, 0.5) is 0 Å². The lowest BCUT2D eigenvalue weighted by Gasteiger charge is -2.37. The number of rotatable bonds is 3. The molecule has 2 atom stereocenters. The highest BCUT2D eigenvalue weighted by Crippen LogP contribution is 2.22. The van der Waals surface area contributed by atoms with Crippen LogP contribution in [0.15, 0.2) is 5.16 Å². The molecule has 1 saturated heterocycles. The number of nitrogens with two attached hydrogens (primary N) is 1. The summed E-state index contributed by atoms with van der Waals surface area (Å²) in [5.74, 6) is 0.532. The molecule has 1 aliphatic heterocycles. The predicted octanol–water partition coefficient (Wildman–Crippen LogP) is 1.41. The van der Waals surface area contributed by atoms with Gasteiger partial charge >= 0.3 is 0 Å². The largest absolute Gasteiger partial charge is 0.409 e. The number of amides is 1. The number of carbonyl (C=O) groups is 1. The van der Waals surface area contributed by atoms with Crippen molar-refractivity contribution in [1.29, 1.82) is 0 Å². The van der Waals surface area contributed by atoms with E-state index in [1.54, 1.807) is 4.90 Å². The van der Waals surface area contributed by atoms with Crippen molar-refractivity contribution in [2.24, 2.45) is 22.7 Å². The molecule has 0 saturated carbocycles. The lowest BCUT2D eigenvalue weighted by molar-refractivity contribution is -0.138. The van der Waals surface area contributed by atoms with Gasteiger partial charge in [0.05, 0.1) is 6.04 Å². The van der Waals surface area contributed by atoms with Crippen molar-refractivity contribution in [3.63, 3.8) is 0 Å². The molecule has 1 aliphatic rings. The second-order valence-corrected chi connectivity index (χ2v) is 5.10. The first-order valence-electron chi connectivity index (χ1n) is 6.27. The third-order valence-electron chi connectivity index (χ3n) is 3.63. The van der Waals surface area contributed by atoms with Crippen LogP contribution in [0.1, 0.15) is 40.0 Å². The number of nitrogens with zero attached hydrogens (tertiary/aromatic N) is 2. The predicted molar refractivity (Wildman–Crippen MR) is 66.8 cm³/mol. The van der Waals surface area contributed by atoms with Crippen molar-refractivity contribution in [3.05, 3.63) is 0 Å². The van der Waals surface area contributed by atoms with Gasteiger partial charge in [-0.3, -0.25) is 4.79 Å². The van der Waals surface area contributed by atoms with E-state index in [0.29, 0.717) is 12.5 Å². The Morgan fingerprint density at radius 1 is 1.41 bits per heavy atom. The highest BCUT2D eigenvalue weighted by Gasteiger charge is 2.32. The molecule has 1 amide bonds.